The van der Waals surface area contributed by atoms with Crippen molar-refractivity contribution in [3.8, 4) is 0 Å². The summed E-state index contributed by atoms with van der Waals surface area (Å²) in [6, 6.07) is 0. The molecular formula is C10H17N3O. The Morgan fingerprint density at radius 3 is 2.86 bits per heavy atom. The Morgan fingerprint density at radius 1 is 1.57 bits per heavy atom. The fraction of sp³-hybridized carbons (Fsp3) is 0.700. The Kier molecular flexibility index (Phi) is 2.46. The van der Waals surface area contributed by atoms with Gasteiger partial charge < -0.3 is 10.5 Å². The molecule has 1 atom stereocenters. The molecule has 1 aliphatic heterocycles. The quantitative estimate of drug-likeness (QED) is 0.773. The maximum absolute atomic E-state index is 5.85. The highest BCUT2D eigenvalue weighted by Gasteiger charge is 2.18. The van der Waals surface area contributed by atoms with Crippen LogP contribution in [0.25, 0.3) is 0 Å². The molecule has 14 heavy (non-hydrogen) atoms. The molecule has 0 bridgehead atoms. The summed E-state index contributed by atoms with van der Waals surface area (Å²) in [5.41, 5.74) is 8.63. The van der Waals surface area contributed by atoms with E-state index in [2.05, 4.69) is 5.10 Å². The van der Waals surface area contributed by atoms with Crippen molar-refractivity contribution in [3.05, 3.63) is 11.4 Å². The summed E-state index contributed by atoms with van der Waals surface area (Å²) in [7, 11) is 0. The van der Waals surface area contributed by atoms with Crippen molar-refractivity contribution >= 4 is 5.69 Å². The van der Waals surface area contributed by atoms with Crippen molar-refractivity contribution in [1.29, 1.82) is 0 Å². The summed E-state index contributed by atoms with van der Waals surface area (Å²) in [5.74, 6) is 0. The van der Waals surface area contributed by atoms with Gasteiger partial charge in [-0.3, -0.25) is 4.68 Å². The third-order valence-electron chi connectivity index (χ3n) is 2.84. The normalized spacial score (nSPS) is 21.7. The summed E-state index contributed by atoms with van der Waals surface area (Å²) >= 11 is 0. The maximum Gasteiger partial charge on any atom is 0.0825 e. The molecule has 0 saturated carbocycles. The highest BCUT2D eigenvalue weighted by atomic mass is 16.5. The van der Waals surface area contributed by atoms with Crippen LogP contribution in [0.1, 0.15) is 24.2 Å². The van der Waals surface area contributed by atoms with Gasteiger partial charge in [0.15, 0.2) is 0 Å². The fourth-order valence-corrected chi connectivity index (χ4v) is 1.87. The predicted octanol–water partition coefficient (Wildman–Crippen LogP) is 1.26. The van der Waals surface area contributed by atoms with Crippen molar-refractivity contribution in [2.75, 3.05) is 12.3 Å². The average Bonchev–Trinajstić information content (AvgIpc) is 2.73. The zero-order valence-corrected chi connectivity index (χ0v) is 8.79. The number of aromatic nitrogens is 2. The number of rotatable bonds is 2. The van der Waals surface area contributed by atoms with Crippen molar-refractivity contribution in [1.82, 2.24) is 9.78 Å². The fourth-order valence-electron chi connectivity index (χ4n) is 1.87. The number of nitrogens with zero attached hydrogens (tertiary/aromatic N) is 2. The van der Waals surface area contributed by atoms with E-state index in [1.54, 1.807) is 0 Å². The minimum absolute atomic E-state index is 0.326. The third-order valence-corrected chi connectivity index (χ3v) is 2.84. The number of anilines is 1. The van der Waals surface area contributed by atoms with Crippen LogP contribution < -0.4 is 5.73 Å². The van der Waals surface area contributed by atoms with Gasteiger partial charge in [-0.2, -0.15) is 5.10 Å². The van der Waals surface area contributed by atoms with Gasteiger partial charge in [0.2, 0.25) is 0 Å². The smallest absolute Gasteiger partial charge is 0.0825 e. The molecule has 4 nitrogen and oxygen atoms in total. The monoisotopic (exact) mass is 195 g/mol. The van der Waals surface area contributed by atoms with Gasteiger partial charge in [-0.15, -0.1) is 0 Å². The van der Waals surface area contributed by atoms with E-state index in [-0.39, 0.29) is 0 Å². The Bertz CT molecular complexity index is 326. The van der Waals surface area contributed by atoms with Gasteiger partial charge in [0.1, 0.15) is 0 Å². The molecule has 1 fully saturated rings. The second-order valence-electron chi connectivity index (χ2n) is 3.90. The zero-order chi connectivity index (χ0) is 10.1. The SMILES string of the molecule is Cc1nn(C[C@H]2CCCO2)c(C)c1N. The van der Waals surface area contributed by atoms with Gasteiger partial charge in [-0.25, -0.2) is 0 Å². The van der Waals surface area contributed by atoms with E-state index in [9.17, 15) is 0 Å². The Labute approximate surface area is 84.0 Å². The van der Waals surface area contributed by atoms with Crippen molar-refractivity contribution in [2.24, 2.45) is 0 Å². The lowest BCUT2D eigenvalue weighted by atomic mass is 10.2. The Hall–Kier alpha value is -1.03. The summed E-state index contributed by atoms with van der Waals surface area (Å²) in [5, 5.41) is 4.38. The molecule has 0 aliphatic carbocycles. The van der Waals surface area contributed by atoms with Crippen LogP contribution in [0.3, 0.4) is 0 Å². The number of hydrogen-bond acceptors (Lipinski definition) is 3. The van der Waals surface area contributed by atoms with E-state index in [1.165, 1.54) is 6.42 Å². The molecule has 1 saturated heterocycles. The van der Waals surface area contributed by atoms with E-state index in [4.69, 9.17) is 10.5 Å². The second-order valence-corrected chi connectivity index (χ2v) is 3.90. The van der Waals surface area contributed by atoms with E-state index < -0.39 is 0 Å². The Morgan fingerprint density at radius 2 is 2.36 bits per heavy atom. The molecule has 4 heteroatoms. The van der Waals surface area contributed by atoms with E-state index >= 15 is 0 Å². The molecule has 0 spiro atoms. The average molecular weight is 195 g/mol. The van der Waals surface area contributed by atoms with Crippen LogP contribution in [0, 0.1) is 13.8 Å². The van der Waals surface area contributed by atoms with E-state index in [0.29, 0.717) is 6.10 Å². The number of nitrogens with two attached hydrogens (primary N) is 1. The van der Waals surface area contributed by atoms with E-state index in [1.807, 2.05) is 18.5 Å². The molecule has 2 rings (SSSR count). The lowest BCUT2D eigenvalue weighted by Gasteiger charge is -2.10. The molecule has 1 aliphatic rings. The zero-order valence-electron chi connectivity index (χ0n) is 8.79. The summed E-state index contributed by atoms with van der Waals surface area (Å²) in [6.45, 7) is 5.67. The van der Waals surface area contributed by atoms with Gasteiger partial charge in [0.25, 0.3) is 0 Å². The molecule has 2 heterocycles. The standard InChI is InChI=1S/C10H17N3O/c1-7-10(11)8(2)13(12-7)6-9-4-3-5-14-9/h9H,3-6,11H2,1-2H3/t9-/m1/s1. The van der Waals surface area contributed by atoms with Crippen molar-refractivity contribution in [3.63, 3.8) is 0 Å². The Balaban J connectivity index is 2.12. The first kappa shape index (κ1) is 9.52. The lowest BCUT2D eigenvalue weighted by molar-refractivity contribution is 0.0934. The topological polar surface area (TPSA) is 53.1 Å². The molecule has 1 aromatic rings. The number of ether oxygens (including phenoxy) is 1. The maximum atomic E-state index is 5.85. The second kappa shape index (κ2) is 3.61. The van der Waals surface area contributed by atoms with Crippen LogP contribution in [0.15, 0.2) is 0 Å². The van der Waals surface area contributed by atoms with Crippen LogP contribution in [0.4, 0.5) is 5.69 Å². The first-order valence-corrected chi connectivity index (χ1v) is 5.09. The van der Waals surface area contributed by atoms with Crippen LogP contribution in [-0.2, 0) is 11.3 Å². The third kappa shape index (κ3) is 1.62. The molecule has 2 N–H and O–H groups in total. The molecule has 0 unspecified atom stereocenters. The number of hydrogen-bond donors (Lipinski definition) is 1. The molecule has 1 aromatic heterocycles. The van der Waals surface area contributed by atoms with Gasteiger partial charge in [-0.05, 0) is 26.7 Å². The minimum atomic E-state index is 0.326. The summed E-state index contributed by atoms with van der Waals surface area (Å²) < 4.78 is 7.52. The van der Waals surface area contributed by atoms with Gasteiger partial charge in [0.05, 0.1) is 29.7 Å². The lowest BCUT2D eigenvalue weighted by Crippen LogP contribution is -2.17. The molecule has 0 aromatic carbocycles. The first-order valence-electron chi connectivity index (χ1n) is 5.09. The highest BCUT2D eigenvalue weighted by Crippen LogP contribution is 2.19. The van der Waals surface area contributed by atoms with Gasteiger partial charge >= 0.3 is 0 Å². The summed E-state index contributed by atoms with van der Waals surface area (Å²) in [4.78, 5) is 0. The number of nitrogen functional groups attached to an aromatic ring is 1. The van der Waals surface area contributed by atoms with Gasteiger partial charge in [-0.1, -0.05) is 0 Å². The minimum Gasteiger partial charge on any atom is -0.396 e. The van der Waals surface area contributed by atoms with Crippen LogP contribution in [-0.4, -0.2) is 22.5 Å². The van der Waals surface area contributed by atoms with Gasteiger partial charge in [0, 0.05) is 6.61 Å². The van der Waals surface area contributed by atoms with E-state index in [0.717, 1.165) is 36.6 Å². The van der Waals surface area contributed by atoms with Crippen LogP contribution in [0.2, 0.25) is 0 Å². The number of aryl methyl sites for hydroxylation is 1. The summed E-state index contributed by atoms with van der Waals surface area (Å²) in [6.07, 6.45) is 2.63. The highest BCUT2D eigenvalue weighted by molar-refractivity contribution is 5.46. The van der Waals surface area contributed by atoms with Crippen molar-refractivity contribution in [2.45, 2.75) is 39.3 Å². The van der Waals surface area contributed by atoms with Crippen LogP contribution in [0.5, 0.6) is 0 Å². The molecule has 78 valence electrons. The van der Waals surface area contributed by atoms with Crippen molar-refractivity contribution < 1.29 is 4.74 Å². The molecule has 0 radical (unpaired) electrons. The molecular weight excluding hydrogens is 178 g/mol. The first-order chi connectivity index (χ1) is 6.68. The molecule has 0 amide bonds. The largest absolute Gasteiger partial charge is 0.396 e. The predicted molar refractivity (Wildman–Crippen MR) is 55.1 cm³/mol. The van der Waals surface area contributed by atoms with Crippen LogP contribution >= 0.6 is 0 Å².